The molecule has 0 fully saturated rings. The fraction of sp³-hybridized carbons (Fsp3) is 0.825. The Kier molecular flexibility index (Phi) is 35.9. The fourth-order valence-electron chi connectivity index (χ4n) is 5.54. The lowest BCUT2D eigenvalue weighted by molar-refractivity contribution is -0.119. The van der Waals surface area contributed by atoms with Crippen LogP contribution in [0.15, 0.2) is 36.5 Å². The van der Waals surface area contributed by atoms with Crippen LogP contribution >= 0.6 is 0 Å². The van der Waals surface area contributed by atoms with Crippen molar-refractivity contribution < 1.29 is 4.79 Å². The first-order valence-corrected chi connectivity index (χ1v) is 18.8. The standard InChI is InChI=1S/C40H74O/c1-3-5-7-9-11-13-15-17-19-21-22-23-25-27-29-31-33-35-37-39-40(41)38-36-34-32-30-28-26-24-20-18-16-14-12-10-8-6-4-2/h21-22,24-27H,3-20,23,28-39H2,1-2H3/b22-21+,26-24-,27-25+. The maximum Gasteiger partial charge on any atom is 0.132 e. The minimum Gasteiger partial charge on any atom is -0.300 e. The lowest BCUT2D eigenvalue weighted by atomic mass is 10.0. The summed E-state index contributed by atoms with van der Waals surface area (Å²) < 4.78 is 0. The van der Waals surface area contributed by atoms with Crippen LogP contribution in [-0.2, 0) is 4.79 Å². The average Bonchev–Trinajstić information content (AvgIpc) is 2.98. The number of carbonyl (C=O) groups excluding carboxylic acids is 1. The largest absolute Gasteiger partial charge is 0.300 e. The number of rotatable bonds is 34. The summed E-state index contributed by atoms with van der Waals surface area (Å²) in [6.07, 6.45) is 54.0. The predicted molar refractivity (Wildman–Crippen MR) is 187 cm³/mol. The Balaban J connectivity index is 3.29. The molecule has 0 aromatic rings. The highest BCUT2D eigenvalue weighted by Gasteiger charge is 2.01. The third-order valence-corrected chi connectivity index (χ3v) is 8.37. The van der Waals surface area contributed by atoms with Gasteiger partial charge in [-0.25, -0.2) is 0 Å². The van der Waals surface area contributed by atoms with Crippen molar-refractivity contribution in [1.29, 1.82) is 0 Å². The Morgan fingerprint density at radius 1 is 0.341 bits per heavy atom. The molecule has 0 atom stereocenters. The number of hydrogen-bond acceptors (Lipinski definition) is 1. The molecular weight excluding hydrogens is 496 g/mol. The Morgan fingerprint density at radius 2 is 0.610 bits per heavy atom. The van der Waals surface area contributed by atoms with Crippen LogP contribution in [0.5, 0.6) is 0 Å². The van der Waals surface area contributed by atoms with Gasteiger partial charge in [-0.15, -0.1) is 0 Å². The number of ketones is 1. The molecule has 0 aliphatic carbocycles. The van der Waals surface area contributed by atoms with E-state index in [9.17, 15) is 4.79 Å². The molecule has 0 aromatic heterocycles. The van der Waals surface area contributed by atoms with Gasteiger partial charge < -0.3 is 0 Å². The second-order valence-corrected chi connectivity index (χ2v) is 12.6. The summed E-state index contributed by atoms with van der Waals surface area (Å²) in [5.74, 6) is 0.494. The Labute approximate surface area is 259 Å². The third kappa shape index (κ3) is 36.9. The van der Waals surface area contributed by atoms with Crippen molar-refractivity contribution in [2.24, 2.45) is 0 Å². The van der Waals surface area contributed by atoms with Crippen LogP contribution < -0.4 is 0 Å². The topological polar surface area (TPSA) is 17.1 Å². The van der Waals surface area contributed by atoms with Crippen molar-refractivity contribution in [3.8, 4) is 0 Å². The van der Waals surface area contributed by atoms with E-state index in [1.54, 1.807) is 0 Å². The zero-order valence-corrected chi connectivity index (χ0v) is 28.3. The van der Waals surface area contributed by atoms with Gasteiger partial charge in [0.15, 0.2) is 0 Å². The van der Waals surface area contributed by atoms with Crippen molar-refractivity contribution in [3.63, 3.8) is 0 Å². The molecular formula is C40H74O. The van der Waals surface area contributed by atoms with E-state index in [1.807, 2.05) is 0 Å². The normalized spacial score (nSPS) is 12.0. The molecule has 1 nitrogen and oxygen atoms in total. The molecule has 0 unspecified atom stereocenters. The maximum atomic E-state index is 12.1. The first-order valence-electron chi connectivity index (χ1n) is 18.8. The molecule has 0 saturated carbocycles. The molecule has 0 aliphatic heterocycles. The van der Waals surface area contributed by atoms with E-state index in [4.69, 9.17) is 0 Å². The molecule has 0 N–H and O–H groups in total. The molecule has 0 aromatic carbocycles. The minimum atomic E-state index is 0.494. The zero-order valence-electron chi connectivity index (χ0n) is 28.3. The number of allylic oxidation sites excluding steroid dienone is 6. The summed E-state index contributed by atoms with van der Waals surface area (Å²) in [4.78, 5) is 12.1. The molecule has 0 spiro atoms. The molecule has 1 heteroatoms. The molecule has 240 valence electrons. The second kappa shape index (κ2) is 36.9. The Bertz CT molecular complexity index is 584. The van der Waals surface area contributed by atoms with E-state index in [2.05, 4.69) is 50.3 Å². The third-order valence-electron chi connectivity index (χ3n) is 8.37. The molecule has 0 heterocycles. The van der Waals surface area contributed by atoms with Gasteiger partial charge in [0, 0.05) is 12.8 Å². The first kappa shape index (κ1) is 39.9. The minimum absolute atomic E-state index is 0.494. The van der Waals surface area contributed by atoms with Crippen LogP contribution in [0.2, 0.25) is 0 Å². The Morgan fingerprint density at radius 3 is 0.951 bits per heavy atom. The highest BCUT2D eigenvalue weighted by Crippen LogP contribution is 2.13. The lowest BCUT2D eigenvalue weighted by Gasteiger charge is -2.02. The SMILES string of the molecule is CCCCCCCCCC/C=C\CCCCCCC(=O)CCCCCC/C=C/C/C=C/CCCCCCCCCC. The van der Waals surface area contributed by atoms with Crippen molar-refractivity contribution in [2.45, 2.75) is 213 Å². The summed E-state index contributed by atoms with van der Waals surface area (Å²) in [7, 11) is 0. The van der Waals surface area contributed by atoms with Gasteiger partial charge in [-0.1, -0.05) is 166 Å². The predicted octanol–water partition coefficient (Wildman–Crippen LogP) is 14.4. The number of Topliss-reactive ketones (excluding diaryl/α,β-unsaturated/α-hetero) is 1. The van der Waals surface area contributed by atoms with Crippen molar-refractivity contribution in [1.82, 2.24) is 0 Å². The monoisotopic (exact) mass is 571 g/mol. The molecule has 0 aliphatic rings. The van der Waals surface area contributed by atoms with Gasteiger partial charge >= 0.3 is 0 Å². The second-order valence-electron chi connectivity index (χ2n) is 12.6. The van der Waals surface area contributed by atoms with Gasteiger partial charge in [0.25, 0.3) is 0 Å². The summed E-state index contributed by atoms with van der Waals surface area (Å²) >= 11 is 0. The summed E-state index contributed by atoms with van der Waals surface area (Å²) in [5, 5.41) is 0. The molecule has 41 heavy (non-hydrogen) atoms. The van der Waals surface area contributed by atoms with Gasteiger partial charge in [-0.3, -0.25) is 4.79 Å². The van der Waals surface area contributed by atoms with E-state index in [-0.39, 0.29) is 0 Å². The van der Waals surface area contributed by atoms with Gasteiger partial charge in [0.05, 0.1) is 0 Å². The van der Waals surface area contributed by atoms with E-state index < -0.39 is 0 Å². The maximum absolute atomic E-state index is 12.1. The number of hydrogen-bond donors (Lipinski definition) is 0. The summed E-state index contributed by atoms with van der Waals surface area (Å²) in [6.45, 7) is 4.57. The summed E-state index contributed by atoms with van der Waals surface area (Å²) in [5.41, 5.74) is 0. The van der Waals surface area contributed by atoms with Crippen LogP contribution in [0.4, 0.5) is 0 Å². The average molecular weight is 571 g/mol. The smallest absolute Gasteiger partial charge is 0.132 e. The van der Waals surface area contributed by atoms with E-state index >= 15 is 0 Å². The molecule has 0 radical (unpaired) electrons. The highest BCUT2D eigenvalue weighted by molar-refractivity contribution is 5.78. The first-order chi connectivity index (χ1) is 20.3. The van der Waals surface area contributed by atoms with Crippen molar-refractivity contribution in [3.05, 3.63) is 36.5 Å². The van der Waals surface area contributed by atoms with E-state index in [0.29, 0.717) is 5.78 Å². The van der Waals surface area contributed by atoms with Crippen molar-refractivity contribution >= 4 is 5.78 Å². The summed E-state index contributed by atoms with van der Waals surface area (Å²) in [6, 6.07) is 0. The lowest BCUT2D eigenvalue weighted by Crippen LogP contribution is -1.97. The molecule has 0 saturated heterocycles. The van der Waals surface area contributed by atoms with Crippen LogP contribution in [-0.4, -0.2) is 5.78 Å². The van der Waals surface area contributed by atoms with E-state index in [0.717, 1.165) is 32.1 Å². The Hall–Kier alpha value is -1.11. The number of carbonyl (C=O) groups is 1. The van der Waals surface area contributed by atoms with Crippen molar-refractivity contribution in [2.75, 3.05) is 0 Å². The molecule has 0 rings (SSSR count). The fourth-order valence-corrected chi connectivity index (χ4v) is 5.54. The van der Waals surface area contributed by atoms with Gasteiger partial charge in [0.2, 0.25) is 0 Å². The van der Waals surface area contributed by atoms with Crippen LogP contribution in [0, 0.1) is 0 Å². The van der Waals surface area contributed by atoms with Gasteiger partial charge in [-0.2, -0.15) is 0 Å². The highest BCUT2D eigenvalue weighted by atomic mass is 16.1. The molecule has 0 bridgehead atoms. The van der Waals surface area contributed by atoms with Gasteiger partial charge in [0.1, 0.15) is 5.78 Å². The molecule has 0 amide bonds. The quantitative estimate of drug-likeness (QED) is 0.0555. The number of unbranched alkanes of at least 4 members (excludes halogenated alkanes) is 24. The van der Waals surface area contributed by atoms with Crippen LogP contribution in [0.3, 0.4) is 0 Å². The van der Waals surface area contributed by atoms with Crippen LogP contribution in [0.1, 0.15) is 213 Å². The van der Waals surface area contributed by atoms with E-state index in [1.165, 1.54) is 167 Å². The van der Waals surface area contributed by atoms with Crippen LogP contribution in [0.25, 0.3) is 0 Å². The van der Waals surface area contributed by atoms with Gasteiger partial charge in [-0.05, 0) is 70.6 Å². The zero-order chi connectivity index (χ0) is 29.7.